The van der Waals surface area contributed by atoms with Crippen molar-refractivity contribution in [2.75, 3.05) is 10.5 Å². The Bertz CT molecular complexity index is 767. The highest BCUT2D eigenvalue weighted by molar-refractivity contribution is 9.10. The summed E-state index contributed by atoms with van der Waals surface area (Å²) in [6, 6.07) is 4.51. The molecule has 20 heavy (non-hydrogen) atoms. The minimum atomic E-state index is -3.81. The highest BCUT2D eigenvalue weighted by Gasteiger charge is 2.20. The molecule has 2 aromatic rings. The lowest BCUT2D eigenvalue weighted by molar-refractivity contribution is 0.600. The van der Waals surface area contributed by atoms with Gasteiger partial charge in [0.1, 0.15) is 5.82 Å². The van der Waals surface area contributed by atoms with E-state index in [1.54, 1.807) is 13.0 Å². The number of rotatable bonds is 3. The molecule has 0 saturated heterocycles. The molecule has 0 fully saturated rings. The predicted molar refractivity (Wildman–Crippen MR) is 81.1 cm³/mol. The normalized spacial score (nSPS) is 11.3. The van der Waals surface area contributed by atoms with Gasteiger partial charge in [-0.05, 0) is 42.3 Å². The standard InChI is InChI=1S/C11H10BrClN4O2S/c1-6-8(14)4-7(12)5-9(6)20(18,19)17-10-2-3-15-11(13)16-10/h2-5H,14H2,1H3,(H,15,16,17). The average Bonchev–Trinajstić information content (AvgIpc) is 2.33. The molecular formula is C11H10BrClN4O2S. The van der Waals surface area contributed by atoms with E-state index in [9.17, 15) is 8.42 Å². The zero-order valence-electron chi connectivity index (χ0n) is 10.3. The molecule has 0 spiro atoms. The lowest BCUT2D eigenvalue weighted by Crippen LogP contribution is -2.16. The van der Waals surface area contributed by atoms with Gasteiger partial charge in [0.05, 0.1) is 4.90 Å². The number of aromatic nitrogens is 2. The van der Waals surface area contributed by atoms with Crippen LogP contribution in [-0.2, 0) is 10.0 Å². The third kappa shape index (κ3) is 3.20. The van der Waals surface area contributed by atoms with Crippen LogP contribution in [0.1, 0.15) is 5.56 Å². The first-order chi connectivity index (χ1) is 9.29. The summed E-state index contributed by atoms with van der Waals surface area (Å²) in [5.41, 5.74) is 6.60. The Labute approximate surface area is 129 Å². The van der Waals surface area contributed by atoms with Crippen molar-refractivity contribution in [1.82, 2.24) is 9.97 Å². The lowest BCUT2D eigenvalue weighted by Gasteiger charge is -2.12. The predicted octanol–water partition coefficient (Wildman–Crippen LogP) is 2.58. The molecule has 0 radical (unpaired) electrons. The van der Waals surface area contributed by atoms with Crippen molar-refractivity contribution in [2.24, 2.45) is 0 Å². The number of benzene rings is 1. The van der Waals surface area contributed by atoms with Crippen molar-refractivity contribution in [3.05, 3.63) is 39.7 Å². The number of nitrogens with one attached hydrogen (secondary N) is 1. The summed E-state index contributed by atoms with van der Waals surface area (Å²) in [4.78, 5) is 7.53. The van der Waals surface area contributed by atoms with Gasteiger partial charge >= 0.3 is 0 Å². The van der Waals surface area contributed by atoms with Crippen LogP contribution in [0.2, 0.25) is 5.28 Å². The second-order valence-corrected chi connectivity index (χ2v) is 6.84. The van der Waals surface area contributed by atoms with Gasteiger partial charge in [-0.15, -0.1) is 0 Å². The van der Waals surface area contributed by atoms with E-state index < -0.39 is 10.0 Å². The number of nitrogen functional groups attached to an aromatic ring is 1. The average molecular weight is 378 g/mol. The number of anilines is 2. The third-order valence-electron chi connectivity index (χ3n) is 2.52. The van der Waals surface area contributed by atoms with Crippen LogP contribution in [0.4, 0.5) is 11.5 Å². The topological polar surface area (TPSA) is 98.0 Å². The van der Waals surface area contributed by atoms with Crippen LogP contribution in [0.3, 0.4) is 0 Å². The Morgan fingerprint density at radius 3 is 2.75 bits per heavy atom. The van der Waals surface area contributed by atoms with Gasteiger partial charge in [-0.25, -0.2) is 13.4 Å². The molecule has 106 valence electrons. The zero-order chi connectivity index (χ0) is 14.9. The van der Waals surface area contributed by atoms with Gasteiger partial charge in [0.25, 0.3) is 10.0 Å². The summed E-state index contributed by atoms with van der Waals surface area (Å²) in [6.07, 6.45) is 1.36. The van der Waals surface area contributed by atoms with E-state index in [-0.39, 0.29) is 16.0 Å². The first-order valence-electron chi connectivity index (χ1n) is 5.36. The summed E-state index contributed by atoms with van der Waals surface area (Å²) in [5.74, 6) is 0.0861. The SMILES string of the molecule is Cc1c(N)cc(Br)cc1S(=O)(=O)Nc1ccnc(Cl)n1. The summed E-state index contributed by atoms with van der Waals surface area (Å²) < 4.78 is 27.6. The van der Waals surface area contributed by atoms with Crippen LogP contribution in [0, 0.1) is 6.92 Å². The minimum absolute atomic E-state index is 0.0457. The number of hydrogen-bond donors (Lipinski definition) is 2. The minimum Gasteiger partial charge on any atom is -0.398 e. The monoisotopic (exact) mass is 376 g/mol. The van der Waals surface area contributed by atoms with E-state index in [4.69, 9.17) is 17.3 Å². The van der Waals surface area contributed by atoms with Gasteiger partial charge in [-0.2, -0.15) is 4.98 Å². The molecule has 0 bridgehead atoms. The van der Waals surface area contributed by atoms with Gasteiger partial charge in [0.15, 0.2) is 0 Å². The van der Waals surface area contributed by atoms with Gasteiger partial charge in [-0.1, -0.05) is 15.9 Å². The van der Waals surface area contributed by atoms with Crippen LogP contribution in [0.5, 0.6) is 0 Å². The fourth-order valence-electron chi connectivity index (χ4n) is 1.54. The van der Waals surface area contributed by atoms with Crippen LogP contribution < -0.4 is 10.5 Å². The van der Waals surface area contributed by atoms with Crippen molar-refractivity contribution < 1.29 is 8.42 Å². The van der Waals surface area contributed by atoms with E-state index in [2.05, 4.69) is 30.6 Å². The van der Waals surface area contributed by atoms with Gasteiger partial charge in [0, 0.05) is 16.4 Å². The molecular weight excluding hydrogens is 368 g/mol. The third-order valence-corrected chi connectivity index (χ3v) is 4.64. The summed E-state index contributed by atoms with van der Waals surface area (Å²) in [7, 11) is -3.81. The van der Waals surface area contributed by atoms with Crippen LogP contribution >= 0.6 is 27.5 Å². The van der Waals surface area contributed by atoms with E-state index in [1.807, 2.05) is 0 Å². The van der Waals surface area contributed by atoms with Crippen molar-refractivity contribution in [1.29, 1.82) is 0 Å². The van der Waals surface area contributed by atoms with Crippen molar-refractivity contribution in [3.8, 4) is 0 Å². The molecule has 0 aliphatic rings. The molecule has 6 nitrogen and oxygen atoms in total. The Morgan fingerprint density at radius 1 is 1.40 bits per heavy atom. The van der Waals surface area contributed by atoms with Gasteiger partial charge < -0.3 is 5.73 Å². The largest absolute Gasteiger partial charge is 0.398 e. The molecule has 0 saturated carbocycles. The second-order valence-electron chi connectivity index (χ2n) is 3.93. The highest BCUT2D eigenvalue weighted by Crippen LogP contribution is 2.27. The first kappa shape index (κ1) is 15.0. The lowest BCUT2D eigenvalue weighted by atomic mass is 10.2. The van der Waals surface area contributed by atoms with Crippen molar-refractivity contribution in [2.45, 2.75) is 11.8 Å². The molecule has 9 heteroatoms. The first-order valence-corrected chi connectivity index (χ1v) is 8.02. The molecule has 1 heterocycles. The Hall–Kier alpha value is -1.38. The van der Waals surface area contributed by atoms with E-state index in [0.717, 1.165) is 0 Å². The Morgan fingerprint density at radius 2 is 2.10 bits per heavy atom. The fourth-order valence-corrected chi connectivity index (χ4v) is 3.61. The molecule has 0 atom stereocenters. The molecule has 0 amide bonds. The number of halogens is 2. The molecule has 0 aliphatic carbocycles. The number of hydrogen-bond acceptors (Lipinski definition) is 5. The summed E-state index contributed by atoms with van der Waals surface area (Å²) >= 11 is 8.83. The van der Waals surface area contributed by atoms with E-state index in [1.165, 1.54) is 18.3 Å². The number of nitrogens with two attached hydrogens (primary N) is 1. The zero-order valence-corrected chi connectivity index (χ0v) is 13.4. The molecule has 1 aromatic carbocycles. The van der Waals surface area contributed by atoms with Crippen LogP contribution in [0.15, 0.2) is 33.8 Å². The second kappa shape index (κ2) is 5.55. The van der Waals surface area contributed by atoms with Crippen molar-refractivity contribution >= 4 is 49.1 Å². The van der Waals surface area contributed by atoms with Crippen molar-refractivity contribution in [3.63, 3.8) is 0 Å². The van der Waals surface area contributed by atoms with Crippen LogP contribution in [-0.4, -0.2) is 18.4 Å². The number of sulfonamides is 1. The maximum atomic E-state index is 12.3. The van der Waals surface area contributed by atoms with E-state index in [0.29, 0.717) is 15.7 Å². The van der Waals surface area contributed by atoms with Gasteiger partial charge in [-0.3, -0.25) is 4.72 Å². The molecule has 2 rings (SSSR count). The molecule has 1 aromatic heterocycles. The quantitative estimate of drug-likeness (QED) is 0.633. The van der Waals surface area contributed by atoms with E-state index >= 15 is 0 Å². The maximum absolute atomic E-state index is 12.3. The Kier molecular flexibility index (Phi) is 4.17. The number of nitrogens with zero attached hydrogens (tertiary/aromatic N) is 2. The Balaban J connectivity index is 2.46. The summed E-state index contributed by atoms with van der Waals surface area (Å²) in [5, 5.41) is -0.0457. The molecule has 0 aliphatic heterocycles. The van der Waals surface area contributed by atoms with Crippen LogP contribution in [0.25, 0.3) is 0 Å². The van der Waals surface area contributed by atoms with Gasteiger partial charge in [0.2, 0.25) is 5.28 Å². The highest BCUT2D eigenvalue weighted by atomic mass is 79.9. The maximum Gasteiger partial charge on any atom is 0.263 e. The molecule has 3 N–H and O–H groups in total. The molecule has 0 unspecified atom stereocenters. The smallest absolute Gasteiger partial charge is 0.263 e. The fraction of sp³-hybridized carbons (Fsp3) is 0.0909. The summed E-state index contributed by atoms with van der Waals surface area (Å²) in [6.45, 7) is 1.63.